The predicted molar refractivity (Wildman–Crippen MR) is 123 cm³/mol. The minimum absolute atomic E-state index is 0.0239. The molecule has 1 aliphatic carbocycles. The van der Waals surface area contributed by atoms with Gasteiger partial charge in [0, 0.05) is 38.4 Å². The first-order chi connectivity index (χ1) is 16.0. The molecule has 0 aromatic carbocycles. The zero-order valence-corrected chi connectivity index (χ0v) is 19.2. The van der Waals surface area contributed by atoms with Crippen LogP contribution in [0.2, 0.25) is 0 Å². The molecule has 1 spiro atoms. The third kappa shape index (κ3) is 3.99. The van der Waals surface area contributed by atoms with Crippen LogP contribution in [0.5, 0.6) is 0 Å². The molecule has 9 nitrogen and oxygen atoms in total. The van der Waals surface area contributed by atoms with Gasteiger partial charge in [-0.05, 0) is 49.4 Å². The van der Waals surface area contributed by atoms with E-state index in [1.165, 1.54) is 24.4 Å². The summed E-state index contributed by atoms with van der Waals surface area (Å²) < 4.78 is 4.72. The molecular formula is C24H27N7O2. The van der Waals surface area contributed by atoms with Crippen molar-refractivity contribution >= 4 is 17.6 Å². The lowest BCUT2D eigenvalue weighted by Crippen LogP contribution is -2.56. The smallest absolute Gasteiger partial charge is 0.358 e. The van der Waals surface area contributed by atoms with Crippen LogP contribution in [0.3, 0.4) is 0 Å². The van der Waals surface area contributed by atoms with E-state index in [2.05, 4.69) is 54.9 Å². The van der Waals surface area contributed by atoms with Gasteiger partial charge < -0.3 is 14.5 Å². The molecule has 0 atom stereocenters. The summed E-state index contributed by atoms with van der Waals surface area (Å²) in [5, 5.41) is 9.24. The summed E-state index contributed by atoms with van der Waals surface area (Å²) in [5.74, 6) is 1.28. The highest BCUT2D eigenvalue weighted by Crippen LogP contribution is 2.46. The second-order valence-corrected chi connectivity index (χ2v) is 8.81. The van der Waals surface area contributed by atoms with Crippen molar-refractivity contribution in [3.05, 3.63) is 65.0 Å². The number of ether oxygens (including phenoxy) is 1. The Morgan fingerprint density at radius 3 is 2.61 bits per heavy atom. The van der Waals surface area contributed by atoms with Gasteiger partial charge in [-0.1, -0.05) is 6.07 Å². The minimum Gasteiger partial charge on any atom is -0.464 e. The molecule has 0 amide bonds. The van der Waals surface area contributed by atoms with Crippen molar-refractivity contribution in [3.63, 3.8) is 0 Å². The van der Waals surface area contributed by atoms with E-state index in [-0.39, 0.29) is 11.2 Å². The van der Waals surface area contributed by atoms with E-state index in [4.69, 9.17) is 4.74 Å². The maximum atomic E-state index is 11.7. The number of hydrogen-bond acceptors (Lipinski definition) is 9. The number of nitrogens with zero attached hydrogens (tertiary/aromatic N) is 7. The third-order valence-corrected chi connectivity index (χ3v) is 6.78. The lowest BCUT2D eigenvalue weighted by Gasteiger charge is -2.43. The van der Waals surface area contributed by atoms with Crippen molar-refractivity contribution in [3.8, 4) is 0 Å². The van der Waals surface area contributed by atoms with E-state index < -0.39 is 5.97 Å². The first-order valence-electron chi connectivity index (χ1n) is 11.2. The van der Waals surface area contributed by atoms with Gasteiger partial charge >= 0.3 is 5.97 Å². The van der Waals surface area contributed by atoms with Crippen molar-refractivity contribution in [1.82, 2.24) is 25.1 Å². The summed E-state index contributed by atoms with van der Waals surface area (Å²) in [4.78, 5) is 29.3. The van der Waals surface area contributed by atoms with Crippen LogP contribution in [0.15, 0.2) is 36.9 Å². The number of rotatable bonds is 5. The zero-order chi connectivity index (χ0) is 23.0. The second-order valence-electron chi connectivity index (χ2n) is 8.81. The molecule has 3 aromatic rings. The Balaban J connectivity index is 1.34. The Hall–Kier alpha value is -3.62. The number of carbonyl (C=O) groups excluding carboxylic acids is 1. The van der Waals surface area contributed by atoms with E-state index in [9.17, 15) is 4.79 Å². The second kappa shape index (κ2) is 8.38. The molecule has 5 rings (SSSR count). The van der Waals surface area contributed by atoms with Crippen LogP contribution in [-0.4, -0.2) is 63.4 Å². The summed E-state index contributed by atoms with van der Waals surface area (Å²) in [5.41, 5.74) is 4.72. The summed E-state index contributed by atoms with van der Waals surface area (Å²) in [6.45, 7) is 6.75. The molecule has 1 saturated carbocycles. The number of aromatic nitrogens is 5. The largest absolute Gasteiger partial charge is 0.464 e. The lowest BCUT2D eigenvalue weighted by atomic mass is 10.0. The SMILES string of the molecule is COC(=O)c1cnc(N2CCN(c3nnc(Cc4cccnc4)c(C)c3C)CC23CC3)cn1. The molecule has 3 aromatic heterocycles. The van der Waals surface area contributed by atoms with Gasteiger partial charge in [0.2, 0.25) is 0 Å². The van der Waals surface area contributed by atoms with Gasteiger partial charge in [-0.25, -0.2) is 14.8 Å². The highest BCUT2D eigenvalue weighted by molar-refractivity contribution is 5.86. The van der Waals surface area contributed by atoms with Crippen LogP contribution in [0.4, 0.5) is 11.6 Å². The quantitative estimate of drug-likeness (QED) is 0.549. The number of methoxy groups -OCH3 is 1. The highest BCUT2D eigenvalue weighted by atomic mass is 16.5. The normalized spacial score (nSPS) is 16.7. The molecule has 0 N–H and O–H groups in total. The third-order valence-electron chi connectivity index (χ3n) is 6.78. The lowest BCUT2D eigenvalue weighted by molar-refractivity contribution is 0.0593. The van der Waals surface area contributed by atoms with E-state index in [1.54, 1.807) is 12.4 Å². The molecule has 0 radical (unpaired) electrons. The fourth-order valence-electron chi connectivity index (χ4n) is 4.57. The Bertz CT molecular complexity index is 1160. The number of pyridine rings is 1. The molecule has 1 saturated heterocycles. The maximum Gasteiger partial charge on any atom is 0.358 e. The Morgan fingerprint density at radius 2 is 1.94 bits per heavy atom. The average Bonchev–Trinajstić information content (AvgIpc) is 3.61. The Kier molecular flexibility index (Phi) is 5.39. The molecule has 2 fully saturated rings. The number of anilines is 2. The molecule has 2 aliphatic rings. The minimum atomic E-state index is -0.476. The van der Waals surface area contributed by atoms with E-state index in [1.807, 2.05) is 12.3 Å². The van der Waals surface area contributed by atoms with Crippen molar-refractivity contribution < 1.29 is 9.53 Å². The van der Waals surface area contributed by atoms with Crippen LogP contribution in [0.1, 0.15) is 45.7 Å². The summed E-state index contributed by atoms with van der Waals surface area (Å²) >= 11 is 0. The zero-order valence-electron chi connectivity index (χ0n) is 19.2. The van der Waals surface area contributed by atoms with Crippen LogP contribution >= 0.6 is 0 Å². The Labute approximate surface area is 192 Å². The van der Waals surface area contributed by atoms with Crippen molar-refractivity contribution in [2.75, 3.05) is 36.5 Å². The molecule has 170 valence electrons. The van der Waals surface area contributed by atoms with Crippen LogP contribution in [-0.2, 0) is 11.2 Å². The van der Waals surface area contributed by atoms with Crippen molar-refractivity contribution in [2.24, 2.45) is 0 Å². The number of piperazine rings is 1. The van der Waals surface area contributed by atoms with Gasteiger partial charge in [-0.2, -0.15) is 5.10 Å². The van der Waals surface area contributed by atoms with Gasteiger partial charge in [-0.3, -0.25) is 4.98 Å². The molecule has 0 unspecified atom stereocenters. The molecule has 4 heterocycles. The highest BCUT2D eigenvalue weighted by Gasteiger charge is 2.52. The number of esters is 1. The standard InChI is InChI=1S/C24H27N7O2/c1-16-17(2)22(29-28-19(16)11-18-5-4-8-25-12-18)30-9-10-31(24(15-30)6-7-24)21-14-26-20(13-27-21)23(32)33-3/h4-5,8,12-14H,6-7,9-11,15H2,1-3H3. The van der Waals surface area contributed by atoms with Gasteiger partial charge in [0.05, 0.1) is 30.7 Å². The first-order valence-corrected chi connectivity index (χ1v) is 11.2. The summed E-state index contributed by atoms with van der Waals surface area (Å²) in [6.07, 6.45) is 9.73. The summed E-state index contributed by atoms with van der Waals surface area (Å²) in [7, 11) is 1.34. The summed E-state index contributed by atoms with van der Waals surface area (Å²) in [6, 6.07) is 4.01. The molecule has 0 bridgehead atoms. The van der Waals surface area contributed by atoms with Gasteiger partial charge in [0.15, 0.2) is 11.5 Å². The molecule has 1 aliphatic heterocycles. The van der Waals surface area contributed by atoms with Crippen LogP contribution in [0, 0.1) is 13.8 Å². The average molecular weight is 446 g/mol. The Morgan fingerprint density at radius 1 is 1.09 bits per heavy atom. The van der Waals surface area contributed by atoms with Crippen LogP contribution < -0.4 is 9.80 Å². The monoisotopic (exact) mass is 445 g/mol. The number of carbonyl (C=O) groups is 1. The molecule has 9 heteroatoms. The van der Waals surface area contributed by atoms with Gasteiger partial charge in [-0.15, -0.1) is 5.10 Å². The maximum absolute atomic E-state index is 11.7. The topological polar surface area (TPSA) is 97.2 Å². The van der Waals surface area contributed by atoms with E-state index in [0.717, 1.165) is 61.8 Å². The van der Waals surface area contributed by atoms with E-state index in [0.29, 0.717) is 0 Å². The first kappa shape index (κ1) is 21.2. The number of hydrogen-bond donors (Lipinski definition) is 0. The fourth-order valence-corrected chi connectivity index (χ4v) is 4.57. The van der Waals surface area contributed by atoms with Crippen LogP contribution in [0.25, 0.3) is 0 Å². The molecular weight excluding hydrogens is 418 g/mol. The molecule has 33 heavy (non-hydrogen) atoms. The van der Waals surface area contributed by atoms with Crippen molar-refractivity contribution in [2.45, 2.75) is 38.6 Å². The van der Waals surface area contributed by atoms with Crippen molar-refractivity contribution in [1.29, 1.82) is 0 Å². The van der Waals surface area contributed by atoms with E-state index >= 15 is 0 Å². The predicted octanol–water partition coefficient (Wildman–Crippen LogP) is 2.52. The fraction of sp³-hybridized carbons (Fsp3) is 0.417. The van der Waals surface area contributed by atoms with Gasteiger partial charge in [0.25, 0.3) is 0 Å². The van der Waals surface area contributed by atoms with Gasteiger partial charge in [0.1, 0.15) is 5.82 Å².